The lowest BCUT2D eigenvalue weighted by molar-refractivity contribution is -0.137. The first-order chi connectivity index (χ1) is 14.0. The quantitative estimate of drug-likeness (QED) is 0.464. The van der Waals surface area contributed by atoms with Gasteiger partial charge in [-0.3, -0.25) is 4.79 Å². The van der Waals surface area contributed by atoms with Gasteiger partial charge in [-0.25, -0.2) is 0 Å². The standard InChI is InChI=1S/C22H16F3NO2S/c23-22(24,25)16-7-10-21-19(13-16)26(18-3-1-2-4-20(18)29-21)11-12-28-17-8-5-15(14-27)6-9-17/h1-10,13-14H,11-12H2. The van der Waals surface area contributed by atoms with E-state index in [1.54, 1.807) is 24.3 Å². The number of fused-ring (bicyclic) bond motifs is 2. The predicted molar refractivity (Wildman–Crippen MR) is 106 cm³/mol. The summed E-state index contributed by atoms with van der Waals surface area (Å²) in [4.78, 5) is 14.3. The van der Waals surface area contributed by atoms with E-state index >= 15 is 0 Å². The second-order valence-electron chi connectivity index (χ2n) is 6.44. The fourth-order valence-electron chi connectivity index (χ4n) is 3.14. The Hall–Kier alpha value is -2.93. The third kappa shape index (κ3) is 4.10. The minimum atomic E-state index is -4.40. The predicted octanol–water partition coefficient (Wildman–Crippen LogP) is 6.20. The number of ether oxygens (including phenoxy) is 1. The van der Waals surface area contributed by atoms with Crippen molar-refractivity contribution in [2.45, 2.75) is 16.0 Å². The van der Waals surface area contributed by atoms with Crippen molar-refractivity contribution in [2.24, 2.45) is 0 Å². The number of alkyl halides is 3. The highest BCUT2D eigenvalue weighted by Gasteiger charge is 2.33. The average Bonchev–Trinajstić information content (AvgIpc) is 2.72. The number of nitrogens with zero attached hydrogens (tertiary/aromatic N) is 1. The molecule has 0 radical (unpaired) electrons. The van der Waals surface area contributed by atoms with Crippen LogP contribution in [0.15, 0.2) is 76.5 Å². The highest BCUT2D eigenvalue weighted by molar-refractivity contribution is 7.99. The Balaban J connectivity index is 1.60. The minimum absolute atomic E-state index is 0.273. The molecule has 1 heterocycles. The smallest absolute Gasteiger partial charge is 0.416 e. The molecule has 0 aromatic heterocycles. The lowest BCUT2D eigenvalue weighted by Gasteiger charge is -2.33. The van der Waals surface area contributed by atoms with E-state index in [1.807, 2.05) is 29.2 Å². The molecule has 0 saturated heterocycles. The zero-order valence-electron chi connectivity index (χ0n) is 15.1. The Kier molecular flexibility index (Phi) is 5.24. The number of carbonyl (C=O) groups excluding carboxylic acids is 1. The second kappa shape index (κ2) is 7.83. The van der Waals surface area contributed by atoms with E-state index in [4.69, 9.17) is 4.74 Å². The number of anilines is 2. The van der Waals surface area contributed by atoms with Crippen LogP contribution in [0.5, 0.6) is 5.75 Å². The summed E-state index contributed by atoms with van der Waals surface area (Å²) in [5.41, 5.74) is 1.24. The van der Waals surface area contributed by atoms with Crippen molar-refractivity contribution in [2.75, 3.05) is 18.1 Å². The number of rotatable bonds is 5. The fraction of sp³-hybridized carbons (Fsp3) is 0.136. The van der Waals surface area contributed by atoms with Gasteiger partial charge in [0.1, 0.15) is 18.6 Å². The van der Waals surface area contributed by atoms with E-state index in [0.717, 1.165) is 27.8 Å². The average molecular weight is 415 g/mol. The number of hydrogen-bond donors (Lipinski definition) is 0. The largest absolute Gasteiger partial charge is 0.492 e. The van der Waals surface area contributed by atoms with Crippen molar-refractivity contribution >= 4 is 29.4 Å². The molecule has 148 valence electrons. The van der Waals surface area contributed by atoms with Crippen LogP contribution in [0.4, 0.5) is 24.5 Å². The van der Waals surface area contributed by atoms with Crippen LogP contribution in [0.3, 0.4) is 0 Å². The Morgan fingerprint density at radius 3 is 2.38 bits per heavy atom. The van der Waals surface area contributed by atoms with Crippen molar-refractivity contribution < 1.29 is 22.7 Å². The Bertz CT molecular complexity index is 1030. The monoisotopic (exact) mass is 415 g/mol. The van der Waals surface area contributed by atoms with E-state index in [2.05, 4.69) is 0 Å². The zero-order chi connectivity index (χ0) is 20.4. The van der Waals surface area contributed by atoms with Crippen molar-refractivity contribution in [1.29, 1.82) is 0 Å². The van der Waals surface area contributed by atoms with Gasteiger partial charge in [0.25, 0.3) is 0 Å². The zero-order valence-corrected chi connectivity index (χ0v) is 16.0. The van der Waals surface area contributed by atoms with Crippen LogP contribution in [0.2, 0.25) is 0 Å². The number of carbonyl (C=O) groups is 1. The molecule has 1 aliphatic rings. The van der Waals surface area contributed by atoms with Crippen molar-refractivity contribution in [1.82, 2.24) is 0 Å². The summed E-state index contributed by atoms with van der Waals surface area (Å²) in [6, 6.07) is 18.1. The normalized spacial score (nSPS) is 12.9. The van der Waals surface area contributed by atoms with Gasteiger partial charge < -0.3 is 9.64 Å². The van der Waals surface area contributed by atoms with Crippen LogP contribution in [0, 0.1) is 0 Å². The molecule has 0 atom stereocenters. The molecule has 0 fully saturated rings. The van der Waals surface area contributed by atoms with Gasteiger partial charge in [-0.05, 0) is 54.6 Å². The van der Waals surface area contributed by atoms with Gasteiger partial charge in [0, 0.05) is 15.4 Å². The van der Waals surface area contributed by atoms with Gasteiger partial charge >= 0.3 is 6.18 Å². The number of para-hydroxylation sites is 1. The van der Waals surface area contributed by atoms with Crippen LogP contribution in [-0.2, 0) is 6.18 Å². The van der Waals surface area contributed by atoms with Gasteiger partial charge in [-0.1, -0.05) is 23.9 Å². The minimum Gasteiger partial charge on any atom is -0.492 e. The molecule has 0 bridgehead atoms. The highest BCUT2D eigenvalue weighted by atomic mass is 32.2. The van der Waals surface area contributed by atoms with Gasteiger partial charge in [0.2, 0.25) is 0 Å². The van der Waals surface area contributed by atoms with Crippen LogP contribution < -0.4 is 9.64 Å². The van der Waals surface area contributed by atoms with Crippen LogP contribution >= 0.6 is 11.8 Å². The summed E-state index contributed by atoms with van der Waals surface area (Å²) < 4.78 is 45.5. The molecule has 3 aromatic rings. The lowest BCUT2D eigenvalue weighted by atomic mass is 10.1. The van der Waals surface area contributed by atoms with Gasteiger partial charge in [-0.2, -0.15) is 13.2 Å². The molecule has 7 heteroatoms. The van der Waals surface area contributed by atoms with Gasteiger partial charge in [0.05, 0.1) is 23.5 Å². The van der Waals surface area contributed by atoms with Crippen molar-refractivity contribution in [3.05, 3.63) is 77.9 Å². The summed E-state index contributed by atoms with van der Waals surface area (Å²) in [6.07, 6.45) is -3.65. The number of aldehydes is 1. The second-order valence-corrected chi connectivity index (χ2v) is 7.52. The molecular weight excluding hydrogens is 399 g/mol. The maximum absolute atomic E-state index is 13.2. The van der Waals surface area contributed by atoms with E-state index in [0.29, 0.717) is 23.5 Å². The van der Waals surface area contributed by atoms with Crippen LogP contribution in [-0.4, -0.2) is 19.4 Å². The maximum atomic E-state index is 13.2. The molecule has 0 N–H and O–H groups in total. The molecule has 0 amide bonds. The van der Waals surface area contributed by atoms with E-state index < -0.39 is 11.7 Å². The van der Waals surface area contributed by atoms with Crippen LogP contribution in [0.25, 0.3) is 0 Å². The number of benzene rings is 3. The molecule has 1 aliphatic heterocycles. The molecule has 29 heavy (non-hydrogen) atoms. The summed E-state index contributed by atoms with van der Waals surface area (Å²) in [5, 5.41) is 0. The molecule has 0 aliphatic carbocycles. The molecule has 3 nitrogen and oxygen atoms in total. The highest BCUT2D eigenvalue weighted by Crippen LogP contribution is 2.49. The lowest BCUT2D eigenvalue weighted by Crippen LogP contribution is -2.26. The fourth-order valence-corrected chi connectivity index (χ4v) is 4.22. The topological polar surface area (TPSA) is 29.5 Å². The third-order valence-electron chi connectivity index (χ3n) is 4.55. The molecule has 0 spiro atoms. The molecule has 0 unspecified atom stereocenters. The van der Waals surface area contributed by atoms with Crippen molar-refractivity contribution in [3.8, 4) is 5.75 Å². The summed E-state index contributed by atoms with van der Waals surface area (Å²) in [5.74, 6) is 0.597. The Morgan fingerprint density at radius 1 is 0.931 bits per heavy atom. The van der Waals surface area contributed by atoms with E-state index in [-0.39, 0.29) is 6.61 Å². The SMILES string of the molecule is O=Cc1ccc(OCCN2c3ccccc3Sc3ccc(C(F)(F)F)cc32)cc1. The molecular formula is C22H16F3NO2S. The maximum Gasteiger partial charge on any atom is 0.416 e. The molecule has 3 aromatic carbocycles. The first-order valence-corrected chi connectivity index (χ1v) is 9.71. The first kappa shape index (κ1) is 19.4. The third-order valence-corrected chi connectivity index (χ3v) is 5.68. The van der Waals surface area contributed by atoms with Gasteiger partial charge in [-0.15, -0.1) is 0 Å². The van der Waals surface area contributed by atoms with Crippen molar-refractivity contribution in [3.63, 3.8) is 0 Å². The summed E-state index contributed by atoms with van der Waals surface area (Å²) in [6.45, 7) is 0.649. The Labute approximate surface area is 170 Å². The number of hydrogen-bond acceptors (Lipinski definition) is 4. The van der Waals surface area contributed by atoms with Crippen LogP contribution in [0.1, 0.15) is 15.9 Å². The first-order valence-electron chi connectivity index (χ1n) is 8.89. The summed E-state index contributed by atoms with van der Waals surface area (Å²) in [7, 11) is 0. The molecule has 4 rings (SSSR count). The summed E-state index contributed by atoms with van der Waals surface area (Å²) >= 11 is 1.46. The molecule has 0 saturated carbocycles. The van der Waals surface area contributed by atoms with Gasteiger partial charge in [0.15, 0.2) is 0 Å². The van der Waals surface area contributed by atoms with E-state index in [9.17, 15) is 18.0 Å². The van der Waals surface area contributed by atoms with E-state index in [1.165, 1.54) is 23.9 Å². The number of halogens is 3. The Morgan fingerprint density at radius 2 is 1.66 bits per heavy atom.